The molecule has 0 aliphatic heterocycles. The van der Waals surface area contributed by atoms with Gasteiger partial charge < -0.3 is 16.4 Å². The molecule has 0 fully saturated rings. The molecule has 0 radical (unpaired) electrons. The van der Waals surface area contributed by atoms with Crippen molar-refractivity contribution in [2.24, 2.45) is 0 Å². The summed E-state index contributed by atoms with van der Waals surface area (Å²) in [5, 5.41) is 5.53. The number of nitrogens with zero attached hydrogens (tertiary/aromatic N) is 3. The zero-order valence-electron chi connectivity index (χ0n) is 9.86. The minimum atomic E-state index is -0.490. The Hall–Kier alpha value is -1.63. The first kappa shape index (κ1) is 13.4. The average Bonchev–Trinajstić information content (AvgIpc) is 2.14. The SMILES string of the molecule is CC(C)NC(=O)C(C)Nc1nc(N)nc(Cl)n1. The number of nitrogens with two attached hydrogens (primary N) is 1. The van der Waals surface area contributed by atoms with E-state index in [1.165, 1.54) is 0 Å². The predicted molar refractivity (Wildman–Crippen MR) is 65.6 cm³/mol. The lowest BCUT2D eigenvalue weighted by Gasteiger charge is -2.15. The summed E-state index contributed by atoms with van der Waals surface area (Å²) in [5.41, 5.74) is 5.40. The van der Waals surface area contributed by atoms with Gasteiger partial charge in [-0.05, 0) is 32.4 Å². The highest BCUT2D eigenvalue weighted by atomic mass is 35.5. The number of carbonyl (C=O) groups is 1. The van der Waals surface area contributed by atoms with E-state index in [1.807, 2.05) is 13.8 Å². The van der Waals surface area contributed by atoms with Gasteiger partial charge in [-0.15, -0.1) is 0 Å². The Labute approximate surface area is 104 Å². The van der Waals surface area contributed by atoms with Crippen LogP contribution in [0.4, 0.5) is 11.9 Å². The van der Waals surface area contributed by atoms with Gasteiger partial charge >= 0.3 is 0 Å². The standard InChI is InChI=1S/C9H15ClN6O/c1-4(2)12-6(17)5(3)13-9-15-7(10)14-8(11)16-9/h4-5H,1-3H3,(H,12,17)(H3,11,13,14,15,16). The van der Waals surface area contributed by atoms with Crippen molar-refractivity contribution in [3.8, 4) is 0 Å². The lowest BCUT2D eigenvalue weighted by atomic mass is 10.3. The lowest BCUT2D eigenvalue weighted by Crippen LogP contribution is -2.41. The largest absolute Gasteiger partial charge is 0.368 e. The quantitative estimate of drug-likeness (QED) is 0.723. The first-order valence-electron chi connectivity index (χ1n) is 5.12. The average molecular weight is 259 g/mol. The fourth-order valence-electron chi connectivity index (χ4n) is 1.10. The van der Waals surface area contributed by atoms with Crippen LogP contribution in [0.3, 0.4) is 0 Å². The molecule has 0 bridgehead atoms. The maximum Gasteiger partial charge on any atom is 0.242 e. The van der Waals surface area contributed by atoms with Crippen LogP contribution in [0, 0.1) is 0 Å². The first-order valence-corrected chi connectivity index (χ1v) is 5.50. The summed E-state index contributed by atoms with van der Waals surface area (Å²) in [6.45, 7) is 5.44. The molecule has 4 N–H and O–H groups in total. The summed E-state index contributed by atoms with van der Waals surface area (Å²) in [7, 11) is 0. The van der Waals surface area contributed by atoms with Gasteiger partial charge in [-0.25, -0.2) is 0 Å². The van der Waals surface area contributed by atoms with Crippen molar-refractivity contribution < 1.29 is 4.79 Å². The van der Waals surface area contributed by atoms with Gasteiger partial charge in [-0.2, -0.15) is 15.0 Å². The van der Waals surface area contributed by atoms with Gasteiger partial charge in [0, 0.05) is 6.04 Å². The number of hydrogen-bond acceptors (Lipinski definition) is 6. The van der Waals surface area contributed by atoms with Crippen LogP contribution in [0.5, 0.6) is 0 Å². The monoisotopic (exact) mass is 258 g/mol. The summed E-state index contributed by atoms with van der Waals surface area (Å²) in [6, 6.07) is -0.422. The Morgan fingerprint density at radius 2 is 1.94 bits per heavy atom. The molecule has 1 aromatic heterocycles. The van der Waals surface area contributed by atoms with E-state index in [2.05, 4.69) is 25.6 Å². The van der Waals surface area contributed by atoms with E-state index in [0.29, 0.717) is 0 Å². The molecule has 1 heterocycles. The van der Waals surface area contributed by atoms with E-state index < -0.39 is 6.04 Å². The molecular weight excluding hydrogens is 244 g/mol. The van der Waals surface area contributed by atoms with Gasteiger partial charge in [0.05, 0.1) is 0 Å². The van der Waals surface area contributed by atoms with Gasteiger partial charge in [0.25, 0.3) is 0 Å². The Bertz CT molecular complexity index is 390. The normalized spacial score (nSPS) is 12.3. The third-order valence-corrected chi connectivity index (χ3v) is 1.96. The number of hydrogen-bond donors (Lipinski definition) is 3. The molecule has 1 aromatic rings. The van der Waals surface area contributed by atoms with Crippen molar-refractivity contribution in [3.05, 3.63) is 5.28 Å². The van der Waals surface area contributed by atoms with Crippen LogP contribution in [-0.2, 0) is 4.79 Å². The van der Waals surface area contributed by atoms with Crippen LogP contribution in [0.2, 0.25) is 5.28 Å². The van der Waals surface area contributed by atoms with E-state index in [0.717, 1.165) is 0 Å². The molecule has 0 aliphatic rings. The number of nitrogens with one attached hydrogen (secondary N) is 2. The Morgan fingerprint density at radius 1 is 1.29 bits per heavy atom. The lowest BCUT2D eigenvalue weighted by molar-refractivity contribution is -0.122. The second-order valence-corrected chi connectivity index (χ2v) is 4.15. The van der Waals surface area contributed by atoms with Crippen molar-refractivity contribution in [2.45, 2.75) is 32.9 Å². The topological polar surface area (TPSA) is 106 Å². The number of nitrogen functional groups attached to an aromatic ring is 1. The molecule has 1 amide bonds. The molecule has 0 saturated heterocycles. The third-order valence-electron chi connectivity index (χ3n) is 1.80. The number of halogens is 1. The van der Waals surface area contributed by atoms with E-state index in [1.54, 1.807) is 6.92 Å². The smallest absolute Gasteiger partial charge is 0.242 e. The Morgan fingerprint density at radius 3 is 2.47 bits per heavy atom. The van der Waals surface area contributed by atoms with Crippen LogP contribution in [0.25, 0.3) is 0 Å². The summed E-state index contributed by atoms with van der Waals surface area (Å²) in [5.74, 6) is 0.0213. The van der Waals surface area contributed by atoms with E-state index in [-0.39, 0.29) is 29.1 Å². The third kappa shape index (κ3) is 4.39. The molecule has 0 spiro atoms. The van der Waals surface area contributed by atoms with Gasteiger partial charge in [0.1, 0.15) is 6.04 Å². The Balaban J connectivity index is 2.67. The number of anilines is 2. The van der Waals surface area contributed by atoms with E-state index >= 15 is 0 Å². The summed E-state index contributed by atoms with van der Waals surface area (Å²) in [4.78, 5) is 22.9. The van der Waals surface area contributed by atoms with Crippen LogP contribution in [0.15, 0.2) is 0 Å². The highest BCUT2D eigenvalue weighted by Crippen LogP contribution is 2.07. The fourth-order valence-corrected chi connectivity index (χ4v) is 1.27. The predicted octanol–water partition coefficient (Wildman–Crippen LogP) is 0.432. The molecule has 17 heavy (non-hydrogen) atoms. The molecule has 0 aliphatic carbocycles. The van der Waals surface area contributed by atoms with Gasteiger partial charge in [0.2, 0.25) is 23.1 Å². The molecule has 0 saturated carbocycles. The zero-order chi connectivity index (χ0) is 13.0. The zero-order valence-corrected chi connectivity index (χ0v) is 10.6. The highest BCUT2D eigenvalue weighted by molar-refractivity contribution is 6.28. The number of aromatic nitrogens is 3. The van der Waals surface area contributed by atoms with Gasteiger partial charge in [0.15, 0.2) is 0 Å². The Kier molecular flexibility index (Phi) is 4.45. The maximum absolute atomic E-state index is 11.6. The molecule has 0 aromatic carbocycles. The van der Waals surface area contributed by atoms with Crippen molar-refractivity contribution >= 4 is 29.4 Å². The summed E-state index contributed by atoms with van der Waals surface area (Å²) in [6.07, 6.45) is 0. The molecule has 1 rings (SSSR count). The highest BCUT2D eigenvalue weighted by Gasteiger charge is 2.15. The molecular formula is C9H15ClN6O. The first-order chi connectivity index (χ1) is 7.88. The number of carbonyl (C=O) groups excluding carboxylic acids is 1. The van der Waals surface area contributed by atoms with E-state index in [9.17, 15) is 4.79 Å². The van der Waals surface area contributed by atoms with Crippen LogP contribution >= 0.6 is 11.6 Å². The minimum Gasteiger partial charge on any atom is -0.368 e. The van der Waals surface area contributed by atoms with Crippen LogP contribution in [-0.4, -0.2) is 32.9 Å². The maximum atomic E-state index is 11.6. The minimum absolute atomic E-state index is 0.00367. The second kappa shape index (κ2) is 5.62. The van der Waals surface area contributed by atoms with E-state index in [4.69, 9.17) is 17.3 Å². The van der Waals surface area contributed by atoms with Crippen molar-refractivity contribution in [2.75, 3.05) is 11.1 Å². The molecule has 7 nitrogen and oxygen atoms in total. The van der Waals surface area contributed by atoms with Crippen LogP contribution in [0.1, 0.15) is 20.8 Å². The van der Waals surface area contributed by atoms with Crippen molar-refractivity contribution in [1.29, 1.82) is 0 Å². The molecule has 1 unspecified atom stereocenters. The fraction of sp³-hybridized carbons (Fsp3) is 0.556. The molecule has 1 atom stereocenters. The number of amides is 1. The molecule has 94 valence electrons. The van der Waals surface area contributed by atoms with Gasteiger partial charge in [-0.3, -0.25) is 4.79 Å². The second-order valence-electron chi connectivity index (χ2n) is 3.82. The van der Waals surface area contributed by atoms with Gasteiger partial charge in [-0.1, -0.05) is 0 Å². The molecule has 8 heteroatoms. The van der Waals surface area contributed by atoms with Crippen molar-refractivity contribution in [1.82, 2.24) is 20.3 Å². The summed E-state index contributed by atoms with van der Waals surface area (Å²) >= 11 is 5.61. The summed E-state index contributed by atoms with van der Waals surface area (Å²) < 4.78 is 0. The van der Waals surface area contributed by atoms with Crippen molar-refractivity contribution in [3.63, 3.8) is 0 Å². The number of rotatable bonds is 4. The van der Waals surface area contributed by atoms with Crippen LogP contribution < -0.4 is 16.4 Å².